The van der Waals surface area contributed by atoms with E-state index in [1.807, 2.05) is 0 Å². The van der Waals surface area contributed by atoms with Gasteiger partial charge in [-0.2, -0.15) is 0 Å². The summed E-state index contributed by atoms with van der Waals surface area (Å²) in [5, 5.41) is 33.9. The minimum absolute atomic E-state index is 0. The zero-order valence-electron chi connectivity index (χ0n) is 7.86. The Morgan fingerprint density at radius 2 is 0.923 bits per heavy atom. The summed E-state index contributed by atoms with van der Waals surface area (Å²) in [4.78, 5) is 19.4. The molecule has 7 nitrogen and oxygen atoms in total. The van der Waals surface area contributed by atoms with Crippen molar-refractivity contribution in [3.05, 3.63) is 0 Å². The zero-order chi connectivity index (χ0) is 7.86. The van der Waals surface area contributed by atoms with E-state index in [2.05, 4.69) is 4.89 Å². The smallest absolute Gasteiger partial charge is 0.755 e. The topological polar surface area (TPSA) is 136 Å². The van der Waals surface area contributed by atoms with Gasteiger partial charge in [0.05, 0.1) is 0 Å². The maximum Gasteiger partial charge on any atom is 1.00 e. The molecule has 0 heterocycles. The van der Waals surface area contributed by atoms with Crippen LogP contribution in [0.5, 0.6) is 0 Å². The van der Waals surface area contributed by atoms with Crippen LogP contribution in [-0.2, 0) is 4.89 Å². The van der Waals surface area contributed by atoms with Gasteiger partial charge < -0.3 is 35.1 Å². The number of carbonyl (C=O) groups is 2. The van der Waals surface area contributed by atoms with Crippen LogP contribution in [0, 0.1) is 0 Å². The molecule has 0 fully saturated rings. The van der Waals surface area contributed by atoms with Gasteiger partial charge in [-0.15, -0.1) is 0 Å². The van der Waals surface area contributed by atoms with Gasteiger partial charge in [0.25, 0.3) is 0 Å². The minimum Gasteiger partial charge on any atom is -0.755 e. The van der Waals surface area contributed by atoms with Crippen LogP contribution < -0.4 is 139 Å². The average Bonchev–Trinajstić information content (AvgIpc) is 1.65. The van der Waals surface area contributed by atoms with Crippen LogP contribution in [0.2, 0.25) is 0 Å². The van der Waals surface area contributed by atoms with Crippen molar-refractivity contribution in [2.45, 2.75) is 0 Å². The molecule has 0 unspecified atom stereocenters. The van der Waals surface area contributed by atoms with Crippen molar-refractivity contribution in [1.82, 2.24) is 0 Å². The van der Waals surface area contributed by atoms with Gasteiger partial charge in [-0.3, -0.25) is 0 Å². The monoisotopic (exact) mass is 228 g/mol. The Balaban J connectivity index is -0.0000000146. The zero-order valence-corrected chi connectivity index (χ0v) is 15.9. The molecule has 0 aromatic carbocycles. The molecule has 0 saturated carbocycles. The third-order valence-electron chi connectivity index (χ3n) is 0.0680. The molecule has 0 saturated heterocycles. The first-order valence-electron chi connectivity index (χ1n) is 1.39. The van der Waals surface area contributed by atoms with Gasteiger partial charge in [-0.1, -0.05) is 0 Å². The third kappa shape index (κ3) is 112. The van der Waals surface area contributed by atoms with Crippen LogP contribution in [0.1, 0.15) is 0 Å². The van der Waals surface area contributed by atoms with Crippen molar-refractivity contribution in [3.63, 3.8) is 0 Å². The Bertz CT molecular complexity index is 103. The fourth-order valence-electron chi connectivity index (χ4n) is 0. The Morgan fingerprint density at radius 1 is 0.846 bits per heavy atom. The molecular formula is C2Na4O7. The van der Waals surface area contributed by atoms with E-state index in [0.717, 1.165) is 0 Å². The summed E-state index contributed by atoms with van der Waals surface area (Å²) >= 11 is 0. The fourth-order valence-corrected chi connectivity index (χ4v) is 0. The van der Waals surface area contributed by atoms with Crippen molar-refractivity contribution in [1.29, 1.82) is 0 Å². The molecule has 0 spiro atoms. The van der Waals surface area contributed by atoms with Crippen LogP contribution >= 0.6 is 0 Å². The molecule has 13 heavy (non-hydrogen) atoms. The predicted octanol–water partition coefficient (Wildman–Crippen LogP) is -16.8. The standard InChI is InChI=1S/CH2O4.CH2O3.4Na/c2-1(3)5-4;2-1(3)4;;;;/h4H,(H,2,3);(H2,2,3,4);;;;/q;;4*+1/p-4. The molecule has 0 rings (SSSR count). The summed E-state index contributed by atoms with van der Waals surface area (Å²) in [6.07, 6.45) is -4.38. The van der Waals surface area contributed by atoms with Crippen LogP contribution in [0.3, 0.4) is 0 Å². The van der Waals surface area contributed by atoms with Gasteiger partial charge in [0.15, 0.2) is 0 Å². The second-order valence-corrected chi connectivity index (χ2v) is 0.583. The average molecular weight is 228 g/mol. The maximum absolute atomic E-state index is 8.72. The van der Waals surface area contributed by atoms with Crippen molar-refractivity contribution in [2.75, 3.05) is 0 Å². The van der Waals surface area contributed by atoms with Gasteiger partial charge in [-0.25, -0.2) is 0 Å². The van der Waals surface area contributed by atoms with E-state index in [1.54, 1.807) is 0 Å². The summed E-state index contributed by atoms with van der Waals surface area (Å²) in [5.41, 5.74) is 0. The van der Waals surface area contributed by atoms with Crippen LogP contribution in [-0.4, -0.2) is 12.3 Å². The molecule has 0 aromatic rings. The Kier molecular flexibility index (Phi) is 81.3. The van der Waals surface area contributed by atoms with Crippen molar-refractivity contribution in [3.8, 4) is 0 Å². The molecular weight excluding hydrogens is 228 g/mol. The van der Waals surface area contributed by atoms with E-state index in [-0.39, 0.29) is 118 Å². The largest absolute Gasteiger partial charge is 1.00 e. The summed E-state index contributed by atoms with van der Waals surface area (Å²) < 4.78 is 0. The molecule has 0 atom stereocenters. The van der Waals surface area contributed by atoms with Gasteiger partial charge >= 0.3 is 118 Å². The molecule has 0 amide bonds. The van der Waals surface area contributed by atoms with E-state index in [9.17, 15) is 0 Å². The Hall–Kier alpha value is 2.50. The summed E-state index contributed by atoms with van der Waals surface area (Å²) in [6.45, 7) is 0. The first-order chi connectivity index (χ1) is 4.00. The SMILES string of the molecule is O=C([O-])O[O-].O=C([O-])[O-].[Na+].[Na+].[Na+].[Na+]. The molecule has 0 bridgehead atoms. The van der Waals surface area contributed by atoms with E-state index in [4.69, 9.17) is 30.2 Å². The molecule has 0 aromatic heterocycles. The molecule has 0 aliphatic carbocycles. The van der Waals surface area contributed by atoms with Crippen molar-refractivity contribution >= 4 is 12.3 Å². The quantitative estimate of drug-likeness (QED) is 0.228. The maximum atomic E-state index is 8.72. The van der Waals surface area contributed by atoms with Gasteiger partial charge in [0, 0.05) is 0 Å². The van der Waals surface area contributed by atoms with Crippen molar-refractivity contribution in [2.24, 2.45) is 0 Å². The predicted molar refractivity (Wildman–Crippen MR) is 11.9 cm³/mol. The number of rotatable bonds is 0. The van der Waals surface area contributed by atoms with Crippen LogP contribution in [0.4, 0.5) is 9.59 Å². The van der Waals surface area contributed by atoms with Crippen LogP contribution in [0.25, 0.3) is 0 Å². The molecule has 0 radical (unpaired) electrons. The normalized spacial score (nSPS) is 4.38. The van der Waals surface area contributed by atoms with Crippen molar-refractivity contribution < 1.29 is 153 Å². The first kappa shape index (κ1) is 36.1. The van der Waals surface area contributed by atoms with Gasteiger partial charge in [0.2, 0.25) is 6.16 Å². The Morgan fingerprint density at radius 3 is 0.923 bits per heavy atom. The van der Waals surface area contributed by atoms with Gasteiger partial charge in [0.1, 0.15) is 0 Å². The fraction of sp³-hybridized carbons (Fsp3) is 0. The van der Waals surface area contributed by atoms with E-state index in [1.165, 1.54) is 0 Å². The molecule has 54 valence electrons. The number of carboxylic acid groups (broad SMARTS) is 3. The minimum atomic E-state index is -2.33. The number of carbonyl (C=O) groups excluding carboxylic acids is 2. The number of hydrogen-bond acceptors (Lipinski definition) is 7. The molecule has 0 aliphatic heterocycles. The van der Waals surface area contributed by atoms with E-state index < -0.39 is 12.3 Å². The molecule has 0 aliphatic rings. The first-order valence-corrected chi connectivity index (χ1v) is 1.39. The third-order valence-corrected chi connectivity index (χ3v) is 0.0680. The van der Waals surface area contributed by atoms with Gasteiger partial charge in [-0.05, 0) is 6.16 Å². The molecule has 11 heteroatoms. The Labute approximate surface area is 162 Å². The van der Waals surface area contributed by atoms with Crippen LogP contribution in [0.15, 0.2) is 0 Å². The molecule has 0 N–H and O–H groups in total. The summed E-state index contributed by atoms with van der Waals surface area (Å²) in [6, 6.07) is 0. The second-order valence-electron chi connectivity index (χ2n) is 0.583. The summed E-state index contributed by atoms with van der Waals surface area (Å²) in [5.74, 6) is 0. The second kappa shape index (κ2) is 29.3. The van der Waals surface area contributed by atoms with E-state index in [0.29, 0.717) is 0 Å². The van der Waals surface area contributed by atoms with E-state index >= 15 is 0 Å². The summed E-state index contributed by atoms with van der Waals surface area (Å²) in [7, 11) is 0. The number of hydrogen-bond donors (Lipinski definition) is 0.